The molecule has 1 N–H and O–H groups in total. The van der Waals surface area contributed by atoms with Gasteiger partial charge in [0.05, 0.1) is 0 Å². The Morgan fingerprint density at radius 3 is 1.91 bits per heavy atom. The molecule has 0 spiro atoms. The highest BCUT2D eigenvalue weighted by molar-refractivity contribution is 5.86. The number of carbonyl (C=O) groups is 1. The summed E-state index contributed by atoms with van der Waals surface area (Å²) < 4.78 is 0. The van der Waals surface area contributed by atoms with E-state index in [1.807, 2.05) is 52.0 Å². The molecule has 0 saturated carbocycles. The van der Waals surface area contributed by atoms with Crippen LogP contribution < -0.4 is 0 Å². The van der Waals surface area contributed by atoms with Gasteiger partial charge in [0.15, 0.2) is 0 Å². The van der Waals surface area contributed by atoms with E-state index in [4.69, 9.17) is 0 Å². The minimum absolute atomic E-state index is 0.817. The van der Waals surface area contributed by atoms with Crippen LogP contribution in [0.1, 0.15) is 45.9 Å². The molecule has 116 valence electrons. The third-order valence-electron chi connectivity index (χ3n) is 4.89. The van der Waals surface area contributed by atoms with Crippen molar-refractivity contribution in [2.45, 2.75) is 47.0 Å². The van der Waals surface area contributed by atoms with Crippen LogP contribution in [0.15, 0.2) is 30.3 Å². The van der Waals surface area contributed by atoms with Gasteiger partial charge >= 0.3 is 5.97 Å². The lowest BCUT2D eigenvalue weighted by Crippen LogP contribution is -2.34. The molecule has 0 fully saturated rings. The predicted octanol–water partition coefficient (Wildman–Crippen LogP) is 4.62. The maximum absolute atomic E-state index is 12.2. The highest BCUT2D eigenvalue weighted by Crippen LogP contribution is 2.36. The summed E-state index contributed by atoms with van der Waals surface area (Å²) in [5.41, 5.74) is 6.28. The number of aryl methyl sites for hydroxylation is 5. The zero-order valence-electron chi connectivity index (χ0n) is 14.2. The largest absolute Gasteiger partial charge is 0.480 e. The molecular weight excluding hydrogens is 272 g/mol. The fraction of sp³-hybridized carbons (Fsp3) is 0.350. The number of benzene rings is 2. The average Bonchev–Trinajstić information content (AvgIpc) is 2.44. The molecule has 1 atom stereocenters. The van der Waals surface area contributed by atoms with E-state index in [9.17, 15) is 9.90 Å². The van der Waals surface area contributed by atoms with Gasteiger partial charge in [-0.25, -0.2) is 0 Å². The van der Waals surface area contributed by atoms with Crippen LogP contribution in [-0.2, 0) is 10.2 Å². The third-order valence-corrected chi connectivity index (χ3v) is 4.89. The summed E-state index contributed by atoms with van der Waals surface area (Å²) in [6.45, 7) is 11.9. The molecule has 0 amide bonds. The summed E-state index contributed by atoms with van der Waals surface area (Å²) in [5.74, 6) is -0.817. The van der Waals surface area contributed by atoms with Crippen LogP contribution in [0.5, 0.6) is 0 Å². The quantitative estimate of drug-likeness (QED) is 0.897. The summed E-state index contributed by atoms with van der Waals surface area (Å²) in [7, 11) is 0. The molecule has 0 saturated heterocycles. The van der Waals surface area contributed by atoms with Gasteiger partial charge in [0.2, 0.25) is 0 Å². The molecule has 0 aromatic heterocycles. The normalized spacial score (nSPS) is 13.7. The average molecular weight is 296 g/mol. The van der Waals surface area contributed by atoms with Crippen molar-refractivity contribution in [3.63, 3.8) is 0 Å². The monoisotopic (exact) mass is 296 g/mol. The van der Waals surface area contributed by atoms with Crippen LogP contribution in [0.4, 0.5) is 0 Å². The molecular formula is C20H24O2. The fourth-order valence-corrected chi connectivity index (χ4v) is 2.95. The van der Waals surface area contributed by atoms with Crippen molar-refractivity contribution >= 4 is 5.97 Å². The van der Waals surface area contributed by atoms with Gasteiger partial charge in [-0.1, -0.05) is 30.3 Å². The van der Waals surface area contributed by atoms with Gasteiger partial charge in [-0.3, -0.25) is 4.79 Å². The standard InChI is InChI=1S/C20H24O2/c1-12-7-8-17(10-14(12)3)20(6,19(21)22)18-11-15(4)13(2)9-16(18)5/h7-11H,1-6H3,(H,21,22). The van der Waals surface area contributed by atoms with Crippen LogP contribution in [0.3, 0.4) is 0 Å². The zero-order chi connectivity index (χ0) is 16.7. The second-order valence-electron chi connectivity index (χ2n) is 6.48. The molecule has 1 unspecified atom stereocenters. The Hall–Kier alpha value is -2.09. The van der Waals surface area contributed by atoms with E-state index in [0.717, 1.165) is 27.8 Å². The van der Waals surface area contributed by atoms with E-state index in [2.05, 4.69) is 13.0 Å². The van der Waals surface area contributed by atoms with Crippen molar-refractivity contribution < 1.29 is 9.90 Å². The molecule has 0 radical (unpaired) electrons. The van der Waals surface area contributed by atoms with Gasteiger partial charge in [0.1, 0.15) is 5.41 Å². The molecule has 0 aliphatic carbocycles. The van der Waals surface area contributed by atoms with Gasteiger partial charge in [0, 0.05) is 0 Å². The van der Waals surface area contributed by atoms with Crippen LogP contribution >= 0.6 is 0 Å². The van der Waals surface area contributed by atoms with Crippen LogP contribution in [0, 0.1) is 34.6 Å². The summed E-state index contributed by atoms with van der Waals surface area (Å²) >= 11 is 0. The summed E-state index contributed by atoms with van der Waals surface area (Å²) in [6, 6.07) is 10.0. The lowest BCUT2D eigenvalue weighted by Gasteiger charge is -2.29. The fourth-order valence-electron chi connectivity index (χ4n) is 2.95. The van der Waals surface area contributed by atoms with E-state index in [0.29, 0.717) is 0 Å². The van der Waals surface area contributed by atoms with Gasteiger partial charge in [0.25, 0.3) is 0 Å². The molecule has 0 heterocycles. The number of rotatable bonds is 3. The molecule has 2 rings (SSSR count). The second kappa shape index (κ2) is 5.60. The minimum Gasteiger partial charge on any atom is -0.480 e. The van der Waals surface area contributed by atoms with Crippen molar-refractivity contribution in [2.24, 2.45) is 0 Å². The zero-order valence-corrected chi connectivity index (χ0v) is 14.2. The van der Waals surface area contributed by atoms with Gasteiger partial charge < -0.3 is 5.11 Å². The first-order valence-electron chi connectivity index (χ1n) is 7.57. The highest BCUT2D eigenvalue weighted by atomic mass is 16.4. The molecule has 22 heavy (non-hydrogen) atoms. The summed E-state index contributed by atoms with van der Waals surface area (Å²) in [5, 5.41) is 9.98. The maximum Gasteiger partial charge on any atom is 0.318 e. The predicted molar refractivity (Wildman–Crippen MR) is 90.7 cm³/mol. The van der Waals surface area contributed by atoms with Crippen LogP contribution in [-0.4, -0.2) is 11.1 Å². The van der Waals surface area contributed by atoms with E-state index >= 15 is 0 Å². The number of aliphatic carboxylic acids is 1. The van der Waals surface area contributed by atoms with Crippen molar-refractivity contribution in [2.75, 3.05) is 0 Å². The molecule has 0 aliphatic rings. The summed E-state index contributed by atoms with van der Waals surface area (Å²) in [4.78, 5) is 12.2. The summed E-state index contributed by atoms with van der Waals surface area (Å²) in [6.07, 6.45) is 0. The number of hydrogen-bond donors (Lipinski definition) is 1. The van der Waals surface area contributed by atoms with Crippen molar-refractivity contribution in [3.05, 3.63) is 69.3 Å². The van der Waals surface area contributed by atoms with Crippen molar-refractivity contribution in [3.8, 4) is 0 Å². The Morgan fingerprint density at radius 1 is 0.818 bits per heavy atom. The molecule has 2 nitrogen and oxygen atoms in total. The molecule has 2 heteroatoms. The smallest absolute Gasteiger partial charge is 0.318 e. The molecule has 0 aliphatic heterocycles. The van der Waals surface area contributed by atoms with E-state index in [-0.39, 0.29) is 0 Å². The van der Waals surface area contributed by atoms with E-state index in [1.165, 1.54) is 11.1 Å². The Morgan fingerprint density at radius 2 is 1.36 bits per heavy atom. The highest BCUT2D eigenvalue weighted by Gasteiger charge is 2.38. The SMILES string of the molecule is Cc1ccc(C(C)(C(=O)O)c2cc(C)c(C)cc2C)cc1C. The molecule has 2 aromatic rings. The van der Waals surface area contributed by atoms with Gasteiger partial charge in [-0.05, 0) is 80.5 Å². The van der Waals surface area contributed by atoms with Crippen LogP contribution in [0.25, 0.3) is 0 Å². The lowest BCUT2D eigenvalue weighted by molar-refractivity contribution is -0.141. The van der Waals surface area contributed by atoms with Crippen molar-refractivity contribution in [1.29, 1.82) is 0 Å². The Balaban J connectivity index is 2.75. The molecule has 0 bridgehead atoms. The number of carboxylic acids is 1. The Bertz CT molecular complexity index is 744. The maximum atomic E-state index is 12.2. The number of hydrogen-bond acceptors (Lipinski definition) is 1. The van der Waals surface area contributed by atoms with Gasteiger partial charge in [-0.15, -0.1) is 0 Å². The first-order valence-corrected chi connectivity index (χ1v) is 7.57. The first-order chi connectivity index (χ1) is 10.2. The van der Waals surface area contributed by atoms with Crippen LogP contribution in [0.2, 0.25) is 0 Å². The number of carboxylic acid groups (broad SMARTS) is 1. The van der Waals surface area contributed by atoms with E-state index in [1.54, 1.807) is 6.92 Å². The minimum atomic E-state index is -1.04. The molecule has 2 aromatic carbocycles. The van der Waals surface area contributed by atoms with Crippen molar-refractivity contribution in [1.82, 2.24) is 0 Å². The Kier molecular flexibility index (Phi) is 4.15. The first kappa shape index (κ1) is 16.3. The lowest BCUT2D eigenvalue weighted by atomic mass is 9.73. The Labute approximate surface area is 132 Å². The third kappa shape index (κ3) is 2.54. The van der Waals surface area contributed by atoms with E-state index < -0.39 is 11.4 Å². The van der Waals surface area contributed by atoms with Gasteiger partial charge in [-0.2, -0.15) is 0 Å². The second-order valence-corrected chi connectivity index (χ2v) is 6.48. The topological polar surface area (TPSA) is 37.3 Å².